The van der Waals surface area contributed by atoms with Gasteiger partial charge in [0.25, 0.3) is 0 Å². The van der Waals surface area contributed by atoms with E-state index >= 15 is 0 Å². The molecule has 0 bridgehead atoms. The molecule has 1 atom stereocenters. The van der Waals surface area contributed by atoms with Crippen LogP contribution in [0.5, 0.6) is 11.5 Å². The number of thiophene rings is 1. The molecule has 0 spiro atoms. The maximum absolute atomic E-state index is 12.7. The van der Waals surface area contributed by atoms with Gasteiger partial charge in [-0.15, -0.1) is 11.3 Å². The molecule has 7 heteroatoms. The van der Waals surface area contributed by atoms with E-state index < -0.39 is 0 Å². The van der Waals surface area contributed by atoms with Crippen LogP contribution in [0.4, 0.5) is 5.00 Å². The summed E-state index contributed by atoms with van der Waals surface area (Å²) in [4.78, 5) is 26.5. The summed E-state index contributed by atoms with van der Waals surface area (Å²) >= 11 is 1.49. The third-order valence-corrected chi connectivity index (χ3v) is 6.69. The summed E-state index contributed by atoms with van der Waals surface area (Å²) in [7, 11) is 3.15. The highest BCUT2D eigenvalue weighted by Crippen LogP contribution is 2.40. The number of ether oxygens (including phenoxy) is 3. The predicted octanol–water partition coefficient (Wildman–Crippen LogP) is 5.11. The highest BCUT2D eigenvalue weighted by atomic mass is 32.1. The second-order valence-corrected chi connectivity index (χ2v) is 8.48. The number of benzene rings is 1. The van der Waals surface area contributed by atoms with Crippen LogP contribution in [0.2, 0.25) is 0 Å². The molecule has 0 aliphatic heterocycles. The number of hydrogen-bond donors (Lipinski definition) is 1. The summed E-state index contributed by atoms with van der Waals surface area (Å²) in [5, 5.41) is 3.46. The molecule has 1 unspecified atom stereocenters. The van der Waals surface area contributed by atoms with E-state index in [-0.39, 0.29) is 11.9 Å². The van der Waals surface area contributed by atoms with Crippen LogP contribution in [-0.4, -0.2) is 32.7 Å². The van der Waals surface area contributed by atoms with E-state index in [9.17, 15) is 9.59 Å². The lowest BCUT2D eigenvalue weighted by Gasteiger charge is -2.20. The van der Waals surface area contributed by atoms with E-state index in [1.165, 1.54) is 22.3 Å². The van der Waals surface area contributed by atoms with Crippen LogP contribution in [0.1, 0.15) is 53.1 Å². The largest absolute Gasteiger partial charge is 0.497 e. The van der Waals surface area contributed by atoms with Crippen LogP contribution in [0, 0.1) is 5.92 Å². The van der Waals surface area contributed by atoms with Gasteiger partial charge < -0.3 is 19.5 Å². The molecule has 166 valence electrons. The normalized spacial score (nSPS) is 15.4. The Balaban J connectivity index is 1.83. The molecule has 1 aromatic heterocycles. The Hall–Kier alpha value is -2.80. The second-order valence-electron chi connectivity index (χ2n) is 7.38. The van der Waals surface area contributed by atoms with Crippen molar-refractivity contribution in [2.45, 2.75) is 39.5 Å². The van der Waals surface area contributed by atoms with Crippen molar-refractivity contribution in [1.82, 2.24) is 0 Å². The van der Waals surface area contributed by atoms with Crippen LogP contribution in [0.3, 0.4) is 0 Å². The van der Waals surface area contributed by atoms with Gasteiger partial charge in [0.15, 0.2) is 0 Å². The number of anilines is 1. The smallest absolute Gasteiger partial charge is 0.341 e. The Bertz CT molecular complexity index is 979. The molecule has 0 radical (unpaired) electrons. The zero-order valence-electron chi connectivity index (χ0n) is 18.4. The summed E-state index contributed by atoms with van der Waals surface area (Å²) in [5.74, 6) is 1.21. The monoisotopic (exact) mass is 443 g/mol. The fraction of sp³-hybridized carbons (Fsp3) is 0.417. The Morgan fingerprint density at radius 2 is 2.03 bits per heavy atom. The van der Waals surface area contributed by atoms with Crippen LogP contribution < -0.4 is 14.8 Å². The van der Waals surface area contributed by atoms with Crippen molar-refractivity contribution in [3.05, 3.63) is 45.8 Å². The number of esters is 1. The molecular weight excluding hydrogens is 414 g/mol. The number of amides is 1. The third kappa shape index (κ3) is 5.28. The minimum absolute atomic E-state index is 0.297. The zero-order valence-corrected chi connectivity index (χ0v) is 19.3. The van der Waals surface area contributed by atoms with Gasteiger partial charge in [-0.3, -0.25) is 4.79 Å². The van der Waals surface area contributed by atoms with Crippen LogP contribution in [0.25, 0.3) is 6.08 Å². The molecular formula is C24H29NO5S. The molecule has 0 fully saturated rings. The second kappa shape index (κ2) is 10.5. The number of rotatable bonds is 8. The Morgan fingerprint density at radius 3 is 2.71 bits per heavy atom. The summed E-state index contributed by atoms with van der Waals surface area (Å²) in [6.45, 7) is 4.27. The molecule has 1 heterocycles. The number of carbonyl (C=O) groups is 2. The molecule has 3 rings (SSSR count). The average molecular weight is 444 g/mol. The summed E-state index contributed by atoms with van der Waals surface area (Å²) < 4.78 is 15.9. The van der Waals surface area contributed by atoms with Gasteiger partial charge in [0, 0.05) is 22.6 Å². The number of carbonyl (C=O) groups excluding carboxylic acids is 2. The van der Waals surface area contributed by atoms with Crippen LogP contribution in [0.15, 0.2) is 24.3 Å². The third-order valence-electron chi connectivity index (χ3n) is 5.52. The van der Waals surface area contributed by atoms with Gasteiger partial charge in [0.2, 0.25) is 5.91 Å². The van der Waals surface area contributed by atoms with Gasteiger partial charge >= 0.3 is 5.97 Å². The van der Waals surface area contributed by atoms with E-state index in [0.717, 1.165) is 36.8 Å². The summed E-state index contributed by atoms with van der Waals surface area (Å²) in [6, 6.07) is 5.38. The number of nitrogens with one attached hydrogen (secondary N) is 1. The zero-order chi connectivity index (χ0) is 22.4. The van der Waals surface area contributed by atoms with E-state index in [1.54, 1.807) is 39.4 Å². The van der Waals surface area contributed by atoms with E-state index in [1.807, 2.05) is 6.07 Å². The van der Waals surface area contributed by atoms with E-state index in [0.29, 0.717) is 34.6 Å². The molecule has 1 aliphatic rings. The quantitative estimate of drug-likeness (QED) is 0.453. The lowest BCUT2D eigenvalue weighted by atomic mass is 9.85. The first kappa shape index (κ1) is 22.9. The number of fused-ring (bicyclic) bond motifs is 1. The van der Waals surface area contributed by atoms with Crippen molar-refractivity contribution >= 4 is 34.3 Å². The standard InChI is InChI=1S/C24H29NO5S/c1-5-15-7-11-18-20(13-15)31-23(22(18)24(27)30-6-2)25-21(26)12-9-16-8-10-17(28-3)14-19(16)29-4/h8-10,12,14-15H,5-7,11,13H2,1-4H3,(H,25,26). The number of methoxy groups -OCH3 is 2. The fourth-order valence-corrected chi connectivity index (χ4v) is 5.14. The molecule has 6 nitrogen and oxygen atoms in total. The van der Waals surface area contributed by atoms with E-state index in [4.69, 9.17) is 14.2 Å². The van der Waals surface area contributed by atoms with Gasteiger partial charge in [-0.05, 0) is 55.9 Å². The molecule has 1 aromatic carbocycles. The molecule has 2 aromatic rings. The van der Waals surface area contributed by atoms with Gasteiger partial charge in [-0.25, -0.2) is 4.79 Å². The van der Waals surface area contributed by atoms with Crippen molar-refractivity contribution < 1.29 is 23.8 Å². The first-order chi connectivity index (χ1) is 15.0. The van der Waals surface area contributed by atoms with Gasteiger partial charge in [-0.1, -0.05) is 13.3 Å². The molecule has 31 heavy (non-hydrogen) atoms. The average Bonchev–Trinajstić information content (AvgIpc) is 3.14. The molecule has 1 N–H and O–H groups in total. The van der Waals surface area contributed by atoms with Crippen molar-refractivity contribution in [1.29, 1.82) is 0 Å². The first-order valence-electron chi connectivity index (χ1n) is 10.5. The van der Waals surface area contributed by atoms with Crippen LogP contribution >= 0.6 is 11.3 Å². The van der Waals surface area contributed by atoms with Crippen molar-refractivity contribution in [3.63, 3.8) is 0 Å². The maximum atomic E-state index is 12.7. The highest BCUT2D eigenvalue weighted by Gasteiger charge is 2.29. The van der Waals surface area contributed by atoms with Crippen molar-refractivity contribution in [3.8, 4) is 11.5 Å². The molecule has 0 saturated heterocycles. The first-order valence-corrected chi connectivity index (χ1v) is 11.3. The summed E-state index contributed by atoms with van der Waals surface area (Å²) in [6.07, 6.45) is 7.06. The Labute approximate surface area is 187 Å². The van der Waals surface area contributed by atoms with Crippen LogP contribution in [-0.2, 0) is 22.4 Å². The lowest BCUT2D eigenvalue weighted by Crippen LogP contribution is -2.16. The fourth-order valence-electron chi connectivity index (χ4n) is 3.79. The minimum atomic E-state index is -0.369. The van der Waals surface area contributed by atoms with Gasteiger partial charge in [0.05, 0.1) is 26.4 Å². The summed E-state index contributed by atoms with van der Waals surface area (Å²) in [5.41, 5.74) is 2.30. The van der Waals surface area contributed by atoms with Crippen molar-refractivity contribution in [2.24, 2.45) is 5.92 Å². The number of hydrogen-bond acceptors (Lipinski definition) is 6. The van der Waals surface area contributed by atoms with E-state index in [2.05, 4.69) is 12.2 Å². The van der Waals surface area contributed by atoms with Crippen molar-refractivity contribution in [2.75, 3.05) is 26.1 Å². The van der Waals surface area contributed by atoms with Gasteiger partial charge in [0.1, 0.15) is 16.5 Å². The SMILES string of the molecule is CCOC(=O)c1c(NC(=O)C=Cc2ccc(OC)cc2OC)sc2c1CCC(CC)C2. The minimum Gasteiger partial charge on any atom is -0.497 e. The molecule has 1 aliphatic carbocycles. The Kier molecular flexibility index (Phi) is 7.74. The Morgan fingerprint density at radius 1 is 1.23 bits per heavy atom. The highest BCUT2D eigenvalue weighted by molar-refractivity contribution is 7.17. The molecule has 0 saturated carbocycles. The predicted molar refractivity (Wildman–Crippen MR) is 123 cm³/mol. The topological polar surface area (TPSA) is 73.9 Å². The lowest BCUT2D eigenvalue weighted by molar-refractivity contribution is -0.111. The van der Waals surface area contributed by atoms with Gasteiger partial charge in [-0.2, -0.15) is 0 Å². The maximum Gasteiger partial charge on any atom is 0.341 e. The molecule has 1 amide bonds.